The monoisotopic (exact) mass is 320 g/mol. The van der Waals surface area contributed by atoms with E-state index in [1.54, 1.807) is 28.6 Å². The summed E-state index contributed by atoms with van der Waals surface area (Å²) in [6.45, 7) is 2.60. The molecule has 0 saturated carbocycles. The summed E-state index contributed by atoms with van der Waals surface area (Å²) in [5, 5.41) is 4.09. The highest BCUT2D eigenvalue weighted by atomic mass is 32.2. The molecule has 2 aromatic rings. The van der Waals surface area contributed by atoms with Crippen molar-refractivity contribution in [3.8, 4) is 0 Å². The average Bonchev–Trinajstić information content (AvgIpc) is 3.17. The minimum atomic E-state index is -3.49. The molecule has 2 heterocycles. The van der Waals surface area contributed by atoms with Crippen LogP contribution in [0.2, 0.25) is 0 Å². The van der Waals surface area contributed by atoms with Crippen LogP contribution in [0.15, 0.2) is 45.8 Å². The highest BCUT2D eigenvalue weighted by molar-refractivity contribution is 7.89. The van der Waals surface area contributed by atoms with Crippen LogP contribution in [-0.2, 0) is 16.4 Å². The van der Waals surface area contributed by atoms with Crippen LogP contribution >= 0.6 is 0 Å². The molecule has 0 bridgehead atoms. The zero-order chi connectivity index (χ0) is 15.6. The molecule has 1 saturated heterocycles. The van der Waals surface area contributed by atoms with E-state index in [1.165, 1.54) is 0 Å². The molecule has 1 fully saturated rings. The van der Waals surface area contributed by atoms with Crippen molar-refractivity contribution in [1.29, 1.82) is 0 Å². The maximum absolute atomic E-state index is 12.8. The van der Waals surface area contributed by atoms with Crippen LogP contribution in [0, 0.1) is 0 Å². The van der Waals surface area contributed by atoms with E-state index < -0.39 is 10.0 Å². The molecule has 1 aromatic heterocycles. The fourth-order valence-corrected chi connectivity index (χ4v) is 4.59. The lowest BCUT2D eigenvalue weighted by Gasteiger charge is -2.22. The van der Waals surface area contributed by atoms with Gasteiger partial charge in [-0.15, -0.1) is 0 Å². The van der Waals surface area contributed by atoms with Crippen molar-refractivity contribution >= 4 is 10.0 Å². The zero-order valence-corrected chi connectivity index (χ0v) is 13.4. The van der Waals surface area contributed by atoms with Crippen LogP contribution in [-0.4, -0.2) is 24.4 Å². The molecule has 0 amide bonds. The number of benzene rings is 1. The Kier molecular flexibility index (Phi) is 4.31. The molecule has 118 valence electrons. The van der Waals surface area contributed by atoms with E-state index in [0.717, 1.165) is 37.1 Å². The molecule has 22 heavy (non-hydrogen) atoms. The van der Waals surface area contributed by atoms with Crippen LogP contribution in [0.4, 0.5) is 0 Å². The molecule has 6 heteroatoms. The van der Waals surface area contributed by atoms with Crippen LogP contribution in [0.3, 0.4) is 0 Å². The molecular formula is C16H20N2O3S. The van der Waals surface area contributed by atoms with Gasteiger partial charge in [0.05, 0.1) is 10.9 Å². The Bertz CT molecular complexity index is 725. The number of aromatic nitrogens is 1. The smallest absolute Gasteiger partial charge is 0.243 e. The SMILES string of the molecule is CCCc1cc([C@@H]2CCCN2S(=O)(=O)c2ccccc2)no1. The largest absolute Gasteiger partial charge is 0.361 e. The van der Waals surface area contributed by atoms with Crippen LogP contribution in [0.1, 0.15) is 43.7 Å². The third kappa shape index (κ3) is 2.80. The van der Waals surface area contributed by atoms with Gasteiger partial charge in [-0.25, -0.2) is 8.42 Å². The number of sulfonamides is 1. The fraction of sp³-hybridized carbons (Fsp3) is 0.438. The summed E-state index contributed by atoms with van der Waals surface area (Å²) in [5.41, 5.74) is 0.723. The van der Waals surface area contributed by atoms with Gasteiger partial charge in [0.15, 0.2) is 0 Å². The summed E-state index contributed by atoms with van der Waals surface area (Å²) in [5.74, 6) is 0.821. The van der Waals surface area contributed by atoms with Gasteiger partial charge in [-0.05, 0) is 31.4 Å². The van der Waals surface area contributed by atoms with Gasteiger partial charge in [0, 0.05) is 19.0 Å². The molecule has 0 aliphatic carbocycles. The summed E-state index contributed by atoms with van der Waals surface area (Å²) >= 11 is 0. The van der Waals surface area contributed by atoms with Crippen molar-refractivity contribution in [1.82, 2.24) is 9.46 Å². The third-order valence-corrected chi connectivity index (χ3v) is 5.89. The Morgan fingerprint density at radius 3 is 2.82 bits per heavy atom. The van der Waals surface area contributed by atoms with E-state index in [2.05, 4.69) is 12.1 Å². The minimum absolute atomic E-state index is 0.223. The molecule has 5 nitrogen and oxygen atoms in total. The minimum Gasteiger partial charge on any atom is -0.361 e. The van der Waals surface area contributed by atoms with E-state index in [0.29, 0.717) is 11.4 Å². The molecular weight excluding hydrogens is 300 g/mol. The molecule has 1 aliphatic rings. The number of nitrogens with zero attached hydrogens (tertiary/aromatic N) is 2. The first-order valence-electron chi connectivity index (χ1n) is 7.65. The second kappa shape index (κ2) is 6.22. The van der Waals surface area contributed by atoms with Gasteiger partial charge >= 0.3 is 0 Å². The number of rotatable bonds is 5. The van der Waals surface area contributed by atoms with Gasteiger partial charge in [0.1, 0.15) is 11.5 Å². The Hall–Kier alpha value is -1.66. The molecule has 1 atom stereocenters. The molecule has 3 rings (SSSR count). The third-order valence-electron chi connectivity index (χ3n) is 3.97. The van der Waals surface area contributed by atoms with E-state index >= 15 is 0 Å². The molecule has 1 aliphatic heterocycles. The number of aryl methyl sites for hydroxylation is 1. The quantitative estimate of drug-likeness (QED) is 0.849. The normalized spacial score (nSPS) is 19.6. The predicted octanol–water partition coefficient (Wildman–Crippen LogP) is 3.15. The van der Waals surface area contributed by atoms with Crippen molar-refractivity contribution in [3.63, 3.8) is 0 Å². The molecule has 0 spiro atoms. The van der Waals surface area contributed by atoms with E-state index in [9.17, 15) is 8.42 Å². The van der Waals surface area contributed by atoms with Gasteiger partial charge in [0.25, 0.3) is 0 Å². The van der Waals surface area contributed by atoms with Gasteiger partial charge in [-0.3, -0.25) is 0 Å². The van der Waals surface area contributed by atoms with Crippen molar-refractivity contribution in [2.24, 2.45) is 0 Å². The predicted molar refractivity (Wildman–Crippen MR) is 82.8 cm³/mol. The molecule has 1 aromatic carbocycles. The molecule has 0 unspecified atom stereocenters. The highest BCUT2D eigenvalue weighted by Crippen LogP contribution is 2.36. The first-order valence-corrected chi connectivity index (χ1v) is 9.09. The number of hydrogen-bond acceptors (Lipinski definition) is 4. The topological polar surface area (TPSA) is 63.4 Å². The summed E-state index contributed by atoms with van der Waals surface area (Å²) in [6, 6.07) is 10.2. The maximum atomic E-state index is 12.8. The zero-order valence-electron chi connectivity index (χ0n) is 12.6. The van der Waals surface area contributed by atoms with Gasteiger partial charge in [-0.1, -0.05) is 30.3 Å². The summed E-state index contributed by atoms with van der Waals surface area (Å²) in [4.78, 5) is 0.333. The van der Waals surface area contributed by atoms with Crippen LogP contribution in [0.5, 0.6) is 0 Å². The number of hydrogen-bond donors (Lipinski definition) is 0. The van der Waals surface area contributed by atoms with Crippen molar-refractivity contribution < 1.29 is 12.9 Å². The van der Waals surface area contributed by atoms with E-state index in [-0.39, 0.29) is 6.04 Å². The summed E-state index contributed by atoms with van der Waals surface area (Å²) < 4.78 is 32.5. The molecule has 0 radical (unpaired) electrons. The standard InChI is InChI=1S/C16H20N2O3S/c1-2-7-13-12-15(17-21-13)16-10-6-11-18(16)22(19,20)14-8-4-3-5-9-14/h3-5,8-9,12,16H,2,6-7,10-11H2,1H3/t16-/m0/s1. The first kappa shape index (κ1) is 15.2. The van der Waals surface area contributed by atoms with E-state index in [1.807, 2.05) is 12.1 Å². The highest BCUT2D eigenvalue weighted by Gasteiger charge is 2.37. The maximum Gasteiger partial charge on any atom is 0.243 e. The Morgan fingerprint density at radius 1 is 1.32 bits per heavy atom. The Balaban J connectivity index is 1.89. The lowest BCUT2D eigenvalue weighted by molar-refractivity contribution is 0.343. The molecule has 0 N–H and O–H groups in total. The second-order valence-electron chi connectivity index (χ2n) is 5.55. The Morgan fingerprint density at radius 2 is 2.09 bits per heavy atom. The van der Waals surface area contributed by atoms with Crippen LogP contribution < -0.4 is 0 Å². The summed E-state index contributed by atoms with van der Waals surface area (Å²) in [6.07, 6.45) is 3.42. The van der Waals surface area contributed by atoms with Gasteiger partial charge in [-0.2, -0.15) is 4.31 Å². The van der Waals surface area contributed by atoms with Gasteiger partial charge < -0.3 is 4.52 Å². The van der Waals surface area contributed by atoms with Crippen molar-refractivity contribution in [2.75, 3.05) is 6.54 Å². The van der Waals surface area contributed by atoms with Crippen molar-refractivity contribution in [2.45, 2.75) is 43.5 Å². The fourth-order valence-electron chi connectivity index (χ4n) is 2.90. The van der Waals surface area contributed by atoms with Gasteiger partial charge in [0.2, 0.25) is 10.0 Å². The summed E-state index contributed by atoms with van der Waals surface area (Å²) in [7, 11) is -3.49. The lowest BCUT2D eigenvalue weighted by Crippen LogP contribution is -2.30. The lowest BCUT2D eigenvalue weighted by atomic mass is 10.1. The first-order chi connectivity index (χ1) is 10.6. The Labute approximate surface area is 131 Å². The van der Waals surface area contributed by atoms with Crippen LogP contribution in [0.25, 0.3) is 0 Å². The average molecular weight is 320 g/mol. The second-order valence-corrected chi connectivity index (χ2v) is 7.45. The van der Waals surface area contributed by atoms with Crippen molar-refractivity contribution in [3.05, 3.63) is 47.9 Å². The van der Waals surface area contributed by atoms with E-state index in [4.69, 9.17) is 4.52 Å².